The standard InChI is InChI=1S/C9H15NO3/c1-6(11)10-7(5-8(12)13)9(2,3)4/h5H,1-4H3,(H,10,11)(H,12,13)/b7-5-. The van der Waals surface area contributed by atoms with Gasteiger partial charge in [0, 0.05) is 24.1 Å². The molecule has 0 saturated heterocycles. The van der Waals surface area contributed by atoms with Crippen molar-refractivity contribution in [2.75, 3.05) is 0 Å². The lowest BCUT2D eigenvalue weighted by atomic mass is 9.91. The molecule has 0 aliphatic rings. The van der Waals surface area contributed by atoms with E-state index in [-0.39, 0.29) is 11.3 Å². The Kier molecular flexibility index (Phi) is 3.66. The fourth-order valence-electron chi connectivity index (χ4n) is 0.753. The summed E-state index contributed by atoms with van der Waals surface area (Å²) in [5.41, 5.74) is 0.0388. The number of aliphatic carboxylic acids is 1. The van der Waals surface area contributed by atoms with Gasteiger partial charge in [-0.2, -0.15) is 0 Å². The van der Waals surface area contributed by atoms with E-state index in [4.69, 9.17) is 5.11 Å². The van der Waals surface area contributed by atoms with Crippen LogP contribution < -0.4 is 5.32 Å². The van der Waals surface area contributed by atoms with Gasteiger partial charge in [-0.25, -0.2) is 4.79 Å². The molecule has 13 heavy (non-hydrogen) atoms. The molecular formula is C9H15NO3. The van der Waals surface area contributed by atoms with E-state index in [0.29, 0.717) is 5.70 Å². The Labute approximate surface area is 77.6 Å². The average Bonchev–Trinajstić information content (AvgIpc) is 1.81. The maximum absolute atomic E-state index is 10.7. The molecule has 0 bridgehead atoms. The molecule has 4 nitrogen and oxygen atoms in total. The predicted molar refractivity (Wildman–Crippen MR) is 49.0 cm³/mol. The van der Waals surface area contributed by atoms with Crippen molar-refractivity contribution in [3.63, 3.8) is 0 Å². The van der Waals surface area contributed by atoms with E-state index in [1.54, 1.807) is 0 Å². The Morgan fingerprint density at radius 3 is 2.00 bits per heavy atom. The number of hydrogen-bond acceptors (Lipinski definition) is 2. The summed E-state index contributed by atoms with van der Waals surface area (Å²) in [5.74, 6) is -1.32. The maximum Gasteiger partial charge on any atom is 0.330 e. The van der Waals surface area contributed by atoms with Gasteiger partial charge in [-0.05, 0) is 0 Å². The second-order valence-corrected chi connectivity index (χ2v) is 3.83. The third-order valence-electron chi connectivity index (χ3n) is 1.39. The molecule has 0 aromatic rings. The van der Waals surface area contributed by atoms with E-state index in [2.05, 4.69) is 5.32 Å². The van der Waals surface area contributed by atoms with Crippen molar-refractivity contribution in [1.82, 2.24) is 5.32 Å². The van der Waals surface area contributed by atoms with Crippen LogP contribution in [0.15, 0.2) is 11.8 Å². The van der Waals surface area contributed by atoms with E-state index >= 15 is 0 Å². The minimum absolute atomic E-state index is 0.262. The molecule has 0 radical (unpaired) electrons. The number of amides is 1. The van der Waals surface area contributed by atoms with Crippen molar-refractivity contribution in [2.45, 2.75) is 27.7 Å². The molecule has 0 atom stereocenters. The van der Waals surface area contributed by atoms with Crippen LogP contribution in [0.2, 0.25) is 0 Å². The van der Waals surface area contributed by atoms with E-state index < -0.39 is 5.97 Å². The monoisotopic (exact) mass is 185 g/mol. The third-order valence-corrected chi connectivity index (χ3v) is 1.39. The van der Waals surface area contributed by atoms with Gasteiger partial charge in [0.15, 0.2) is 0 Å². The molecule has 0 aliphatic heterocycles. The second kappa shape index (κ2) is 4.07. The zero-order valence-corrected chi connectivity index (χ0v) is 8.34. The zero-order valence-electron chi connectivity index (χ0n) is 8.34. The predicted octanol–water partition coefficient (Wildman–Crippen LogP) is 1.14. The van der Waals surface area contributed by atoms with Crippen LogP contribution in [0.4, 0.5) is 0 Å². The Morgan fingerprint density at radius 1 is 1.31 bits per heavy atom. The number of rotatable bonds is 2. The Hall–Kier alpha value is -1.32. The largest absolute Gasteiger partial charge is 0.478 e. The summed E-state index contributed by atoms with van der Waals surface area (Å²) < 4.78 is 0. The van der Waals surface area contributed by atoms with Crippen LogP contribution in [0.1, 0.15) is 27.7 Å². The van der Waals surface area contributed by atoms with Gasteiger partial charge in [-0.3, -0.25) is 4.79 Å². The fourth-order valence-corrected chi connectivity index (χ4v) is 0.753. The molecular weight excluding hydrogens is 170 g/mol. The first kappa shape index (κ1) is 11.7. The normalized spacial score (nSPS) is 12.5. The van der Waals surface area contributed by atoms with Crippen molar-refractivity contribution in [3.05, 3.63) is 11.8 Å². The minimum Gasteiger partial charge on any atom is -0.478 e. The van der Waals surface area contributed by atoms with E-state index in [1.807, 2.05) is 20.8 Å². The van der Waals surface area contributed by atoms with Crippen molar-refractivity contribution < 1.29 is 14.7 Å². The maximum atomic E-state index is 10.7. The van der Waals surface area contributed by atoms with E-state index in [1.165, 1.54) is 6.92 Å². The van der Waals surface area contributed by atoms with Crippen LogP contribution >= 0.6 is 0 Å². The lowest BCUT2D eigenvalue weighted by molar-refractivity contribution is -0.131. The molecule has 1 amide bonds. The highest BCUT2D eigenvalue weighted by atomic mass is 16.4. The van der Waals surface area contributed by atoms with Crippen LogP contribution in [-0.2, 0) is 9.59 Å². The molecule has 0 aromatic heterocycles. The number of hydrogen-bond donors (Lipinski definition) is 2. The van der Waals surface area contributed by atoms with Gasteiger partial charge < -0.3 is 10.4 Å². The first-order valence-corrected chi connectivity index (χ1v) is 3.96. The quantitative estimate of drug-likeness (QED) is 0.634. The fraction of sp³-hybridized carbons (Fsp3) is 0.556. The highest BCUT2D eigenvalue weighted by Crippen LogP contribution is 2.22. The number of carbonyl (C=O) groups excluding carboxylic acids is 1. The second-order valence-electron chi connectivity index (χ2n) is 3.83. The summed E-state index contributed by atoms with van der Waals surface area (Å²) in [7, 11) is 0. The van der Waals surface area contributed by atoms with Crippen LogP contribution in [-0.4, -0.2) is 17.0 Å². The van der Waals surface area contributed by atoms with E-state index in [0.717, 1.165) is 6.08 Å². The summed E-state index contributed by atoms with van der Waals surface area (Å²) >= 11 is 0. The number of carboxylic acids is 1. The van der Waals surface area contributed by atoms with Crippen molar-refractivity contribution in [3.8, 4) is 0 Å². The van der Waals surface area contributed by atoms with Crippen LogP contribution in [0.5, 0.6) is 0 Å². The SMILES string of the molecule is CC(=O)N/C(=C\C(=O)O)C(C)(C)C. The van der Waals surface area contributed by atoms with E-state index in [9.17, 15) is 9.59 Å². The van der Waals surface area contributed by atoms with Gasteiger partial charge in [-0.1, -0.05) is 20.8 Å². The minimum atomic E-state index is -1.06. The van der Waals surface area contributed by atoms with Gasteiger partial charge in [0.25, 0.3) is 0 Å². The Bertz CT molecular complexity index is 248. The highest BCUT2D eigenvalue weighted by Gasteiger charge is 2.18. The van der Waals surface area contributed by atoms with Gasteiger partial charge in [0.05, 0.1) is 0 Å². The van der Waals surface area contributed by atoms with Gasteiger partial charge in [-0.15, -0.1) is 0 Å². The molecule has 0 unspecified atom stereocenters. The zero-order chi connectivity index (χ0) is 10.6. The Balaban J connectivity index is 4.77. The molecule has 0 rings (SSSR count). The molecule has 0 heterocycles. The number of carboxylic acid groups (broad SMARTS) is 1. The summed E-state index contributed by atoms with van der Waals surface area (Å²) in [6.07, 6.45) is 1.02. The molecule has 74 valence electrons. The first-order valence-electron chi connectivity index (χ1n) is 3.96. The van der Waals surface area contributed by atoms with Crippen molar-refractivity contribution >= 4 is 11.9 Å². The van der Waals surface area contributed by atoms with Gasteiger partial charge >= 0.3 is 5.97 Å². The van der Waals surface area contributed by atoms with Crippen molar-refractivity contribution in [2.24, 2.45) is 5.41 Å². The summed E-state index contributed by atoms with van der Waals surface area (Å²) in [5, 5.41) is 11.0. The van der Waals surface area contributed by atoms with Crippen LogP contribution in [0.3, 0.4) is 0 Å². The average molecular weight is 185 g/mol. The van der Waals surface area contributed by atoms with Crippen LogP contribution in [0.25, 0.3) is 0 Å². The third kappa shape index (κ3) is 5.00. The number of allylic oxidation sites excluding steroid dienone is 1. The molecule has 2 N–H and O–H groups in total. The summed E-state index contributed by atoms with van der Waals surface area (Å²) in [6.45, 7) is 6.84. The smallest absolute Gasteiger partial charge is 0.330 e. The van der Waals surface area contributed by atoms with Crippen molar-refractivity contribution in [1.29, 1.82) is 0 Å². The molecule has 0 saturated carbocycles. The highest BCUT2D eigenvalue weighted by molar-refractivity contribution is 5.83. The molecule has 0 spiro atoms. The topological polar surface area (TPSA) is 66.4 Å². The Morgan fingerprint density at radius 2 is 1.77 bits per heavy atom. The summed E-state index contributed by atoms with van der Waals surface area (Å²) in [6, 6.07) is 0. The first-order chi connectivity index (χ1) is 5.73. The molecule has 0 fully saturated rings. The van der Waals surface area contributed by atoms with Crippen LogP contribution in [0, 0.1) is 5.41 Å². The molecule has 0 aromatic carbocycles. The molecule has 4 heteroatoms. The molecule has 0 aliphatic carbocycles. The lowest BCUT2D eigenvalue weighted by Gasteiger charge is -2.22. The number of carbonyl (C=O) groups is 2. The summed E-state index contributed by atoms with van der Waals surface area (Å²) in [4.78, 5) is 21.1. The van der Waals surface area contributed by atoms with Gasteiger partial charge in [0.2, 0.25) is 5.91 Å². The lowest BCUT2D eigenvalue weighted by Crippen LogP contribution is -2.28. The van der Waals surface area contributed by atoms with Gasteiger partial charge in [0.1, 0.15) is 0 Å². The number of nitrogens with one attached hydrogen (secondary N) is 1.